The lowest BCUT2D eigenvalue weighted by Gasteiger charge is -2.37. The number of esters is 1. The maximum absolute atomic E-state index is 12.1. The van der Waals surface area contributed by atoms with E-state index in [1.165, 1.54) is 19.3 Å². The number of carbonyl (C=O) groups is 1. The zero-order valence-corrected chi connectivity index (χ0v) is 10.9. The second kappa shape index (κ2) is 5.38. The lowest BCUT2D eigenvalue weighted by atomic mass is 9.72. The standard InChI is InChI=1S/C14H25NO2/c1-14(9-3-2-7-12(14)15)13(16)17-10-8-11-5-4-6-11/h11-12H,2-10,15H2,1H3. The van der Waals surface area contributed by atoms with Crippen LogP contribution >= 0.6 is 0 Å². The molecular formula is C14H25NO2. The summed E-state index contributed by atoms with van der Waals surface area (Å²) in [6.45, 7) is 2.56. The van der Waals surface area contributed by atoms with Crippen LogP contribution in [0, 0.1) is 11.3 Å². The van der Waals surface area contributed by atoms with Gasteiger partial charge in [0, 0.05) is 6.04 Å². The summed E-state index contributed by atoms with van der Waals surface area (Å²) in [6.07, 6.45) is 9.10. The van der Waals surface area contributed by atoms with Crippen molar-refractivity contribution in [2.45, 2.75) is 64.3 Å². The summed E-state index contributed by atoms with van der Waals surface area (Å²) in [5.41, 5.74) is 5.65. The Hall–Kier alpha value is -0.570. The van der Waals surface area contributed by atoms with E-state index in [0.717, 1.165) is 38.0 Å². The molecule has 0 aliphatic heterocycles. The van der Waals surface area contributed by atoms with Gasteiger partial charge in [-0.2, -0.15) is 0 Å². The van der Waals surface area contributed by atoms with Crippen LogP contribution in [0.4, 0.5) is 0 Å². The molecular weight excluding hydrogens is 214 g/mol. The lowest BCUT2D eigenvalue weighted by molar-refractivity contribution is -0.158. The minimum absolute atomic E-state index is 0.0209. The highest BCUT2D eigenvalue weighted by atomic mass is 16.5. The van der Waals surface area contributed by atoms with Gasteiger partial charge in [-0.3, -0.25) is 4.79 Å². The zero-order valence-electron chi connectivity index (χ0n) is 10.9. The Morgan fingerprint density at radius 1 is 1.29 bits per heavy atom. The Kier molecular flexibility index (Phi) is 4.08. The van der Waals surface area contributed by atoms with Gasteiger partial charge in [-0.25, -0.2) is 0 Å². The van der Waals surface area contributed by atoms with Gasteiger partial charge in [0.25, 0.3) is 0 Å². The molecule has 0 aromatic rings. The van der Waals surface area contributed by atoms with E-state index in [-0.39, 0.29) is 12.0 Å². The Bertz CT molecular complexity index is 275. The molecule has 3 heteroatoms. The number of hydrogen-bond donors (Lipinski definition) is 1. The van der Waals surface area contributed by atoms with E-state index >= 15 is 0 Å². The second-order valence-corrected chi connectivity index (χ2v) is 5.99. The highest BCUT2D eigenvalue weighted by Crippen LogP contribution is 2.36. The average Bonchev–Trinajstić information content (AvgIpc) is 2.25. The van der Waals surface area contributed by atoms with Crippen LogP contribution in [-0.4, -0.2) is 18.6 Å². The fourth-order valence-electron chi connectivity index (χ4n) is 2.88. The van der Waals surface area contributed by atoms with Gasteiger partial charge in [0.2, 0.25) is 0 Å². The van der Waals surface area contributed by atoms with Crippen molar-refractivity contribution in [2.75, 3.05) is 6.61 Å². The van der Waals surface area contributed by atoms with Crippen LogP contribution in [0.5, 0.6) is 0 Å². The van der Waals surface area contributed by atoms with Gasteiger partial charge in [-0.05, 0) is 32.1 Å². The van der Waals surface area contributed by atoms with E-state index < -0.39 is 5.41 Å². The first-order valence-electron chi connectivity index (χ1n) is 7.06. The third-order valence-corrected chi connectivity index (χ3v) is 4.73. The maximum Gasteiger partial charge on any atom is 0.313 e. The van der Waals surface area contributed by atoms with Crippen LogP contribution in [0.2, 0.25) is 0 Å². The summed E-state index contributed by atoms with van der Waals surface area (Å²) >= 11 is 0. The van der Waals surface area contributed by atoms with Crippen molar-refractivity contribution in [1.82, 2.24) is 0 Å². The van der Waals surface area contributed by atoms with Crippen LogP contribution in [0.1, 0.15) is 58.3 Å². The van der Waals surface area contributed by atoms with E-state index in [0.29, 0.717) is 6.61 Å². The molecule has 0 aromatic heterocycles. The van der Waals surface area contributed by atoms with Gasteiger partial charge in [-0.1, -0.05) is 32.1 Å². The van der Waals surface area contributed by atoms with Gasteiger partial charge < -0.3 is 10.5 Å². The molecule has 2 N–H and O–H groups in total. The molecule has 98 valence electrons. The maximum atomic E-state index is 12.1. The Morgan fingerprint density at radius 2 is 2.06 bits per heavy atom. The minimum atomic E-state index is -0.433. The minimum Gasteiger partial charge on any atom is -0.465 e. The molecule has 0 amide bonds. The molecule has 0 aromatic carbocycles. The topological polar surface area (TPSA) is 52.3 Å². The van der Waals surface area contributed by atoms with Crippen molar-refractivity contribution in [2.24, 2.45) is 17.1 Å². The molecule has 0 radical (unpaired) electrons. The molecule has 2 aliphatic carbocycles. The SMILES string of the molecule is CC1(C(=O)OCCC2CCC2)CCCCC1N. The van der Waals surface area contributed by atoms with E-state index in [1.807, 2.05) is 6.92 Å². The largest absolute Gasteiger partial charge is 0.465 e. The predicted molar refractivity (Wildman–Crippen MR) is 67.5 cm³/mol. The van der Waals surface area contributed by atoms with Crippen molar-refractivity contribution in [3.05, 3.63) is 0 Å². The third kappa shape index (κ3) is 2.82. The first-order valence-corrected chi connectivity index (χ1v) is 7.06. The third-order valence-electron chi connectivity index (χ3n) is 4.73. The molecule has 0 heterocycles. The van der Waals surface area contributed by atoms with E-state index in [4.69, 9.17) is 10.5 Å². The van der Waals surface area contributed by atoms with Crippen molar-refractivity contribution in [1.29, 1.82) is 0 Å². The van der Waals surface area contributed by atoms with Crippen molar-refractivity contribution >= 4 is 5.97 Å². The summed E-state index contributed by atoms with van der Waals surface area (Å²) in [7, 11) is 0. The first kappa shape index (κ1) is 12.9. The summed E-state index contributed by atoms with van der Waals surface area (Å²) in [5, 5.41) is 0. The summed E-state index contributed by atoms with van der Waals surface area (Å²) < 4.78 is 5.44. The quantitative estimate of drug-likeness (QED) is 0.767. The van der Waals surface area contributed by atoms with Crippen LogP contribution in [0.15, 0.2) is 0 Å². The van der Waals surface area contributed by atoms with Crippen molar-refractivity contribution < 1.29 is 9.53 Å². The van der Waals surface area contributed by atoms with Crippen molar-refractivity contribution in [3.8, 4) is 0 Å². The van der Waals surface area contributed by atoms with Crippen LogP contribution in [0.25, 0.3) is 0 Å². The molecule has 0 saturated heterocycles. The van der Waals surface area contributed by atoms with E-state index in [9.17, 15) is 4.79 Å². The van der Waals surface area contributed by atoms with Gasteiger partial charge in [-0.15, -0.1) is 0 Å². The molecule has 0 bridgehead atoms. The highest BCUT2D eigenvalue weighted by Gasteiger charge is 2.42. The van der Waals surface area contributed by atoms with Gasteiger partial charge in [0.1, 0.15) is 0 Å². The number of ether oxygens (including phenoxy) is 1. The molecule has 2 unspecified atom stereocenters. The van der Waals surface area contributed by atoms with Gasteiger partial charge >= 0.3 is 5.97 Å². The lowest BCUT2D eigenvalue weighted by Crippen LogP contribution is -2.48. The Morgan fingerprint density at radius 3 is 2.65 bits per heavy atom. The monoisotopic (exact) mass is 239 g/mol. The normalized spacial score (nSPS) is 34.1. The zero-order chi connectivity index (χ0) is 12.3. The van der Waals surface area contributed by atoms with Gasteiger partial charge in [0.05, 0.1) is 12.0 Å². The number of nitrogens with two attached hydrogens (primary N) is 1. The molecule has 2 atom stereocenters. The summed E-state index contributed by atoms with van der Waals surface area (Å²) in [5.74, 6) is 0.736. The number of carbonyl (C=O) groups excluding carboxylic acids is 1. The second-order valence-electron chi connectivity index (χ2n) is 5.99. The summed E-state index contributed by atoms with van der Waals surface area (Å²) in [6, 6.07) is -0.0209. The summed E-state index contributed by atoms with van der Waals surface area (Å²) in [4.78, 5) is 12.1. The molecule has 2 rings (SSSR count). The Labute approximate surface area is 104 Å². The predicted octanol–water partition coefficient (Wildman–Crippen LogP) is 2.63. The molecule has 2 saturated carbocycles. The highest BCUT2D eigenvalue weighted by molar-refractivity contribution is 5.77. The van der Waals surface area contributed by atoms with E-state index in [1.54, 1.807) is 0 Å². The van der Waals surface area contributed by atoms with Crippen LogP contribution < -0.4 is 5.73 Å². The fourth-order valence-corrected chi connectivity index (χ4v) is 2.88. The molecule has 2 fully saturated rings. The molecule has 2 aliphatic rings. The average molecular weight is 239 g/mol. The van der Waals surface area contributed by atoms with Gasteiger partial charge in [0.15, 0.2) is 0 Å². The van der Waals surface area contributed by atoms with E-state index in [2.05, 4.69) is 0 Å². The van der Waals surface area contributed by atoms with Crippen molar-refractivity contribution in [3.63, 3.8) is 0 Å². The fraction of sp³-hybridized carbons (Fsp3) is 0.929. The smallest absolute Gasteiger partial charge is 0.313 e. The molecule has 3 nitrogen and oxygen atoms in total. The molecule has 0 spiro atoms. The van der Waals surface area contributed by atoms with Crippen LogP contribution in [-0.2, 0) is 9.53 Å². The number of hydrogen-bond acceptors (Lipinski definition) is 3. The first-order chi connectivity index (χ1) is 8.13. The van der Waals surface area contributed by atoms with Crippen LogP contribution in [0.3, 0.4) is 0 Å². The molecule has 17 heavy (non-hydrogen) atoms. The Balaban J connectivity index is 1.76. The number of rotatable bonds is 4.